The number of carboxylic acid groups (broad SMARTS) is 1. The number of nitrogens with one attached hydrogen (secondary N) is 1. The molecule has 0 aliphatic carbocycles. The SMILES string of the molecule is CCCc1ccc(NC(C)CCC(=O)O)cc1. The molecule has 94 valence electrons. The number of hydrogen-bond acceptors (Lipinski definition) is 2. The highest BCUT2D eigenvalue weighted by Crippen LogP contribution is 2.13. The minimum Gasteiger partial charge on any atom is -0.481 e. The van der Waals surface area contributed by atoms with Gasteiger partial charge >= 0.3 is 5.97 Å². The van der Waals surface area contributed by atoms with Crippen LogP contribution in [0.25, 0.3) is 0 Å². The Kier molecular flexibility index (Phi) is 5.53. The molecule has 2 N–H and O–H groups in total. The number of aryl methyl sites for hydroxylation is 1. The fraction of sp³-hybridized carbons (Fsp3) is 0.500. The summed E-state index contributed by atoms with van der Waals surface area (Å²) in [6.07, 6.45) is 3.12. The smallest absolute Gasteiger partial charge is 0.303 e. The maximum Gasteiger partial charge on any atom is 0.303 e. The average molecular weight is 235 g/mol. The van der Waals surface area contributed by atoms with E-state index in [4.69, 9.17) is 5.11 Å². The van der Waals surface area contributed by atoms with Gasteiger partial charge in [0.05, 0.1) is 0 Å². The van der Waals surface area contributed by atoms with Gasteiger partial charge in [0.25, 0.3) is 0 Å². The number of carbonyl (C=O) groups is 1. The van der Waals surface area contributed by atoms with E-state index in [1.165, 1.54) is 5.56 Å². The largest absolute Gasteiger partial charge is 0.481 e. The van der Waals surface area contributed by atoms with Crippen LogP contribution in [-0.4, -0.2) is 17.1 Å². The van der Waals surface area contributed by atoms with Crippen LogP contribution in [-0.2, 0) is 11.2 Å². The summed E-state index contributed by atoms with van der Waals surface area (Å²) in [4.78, 5) is 10.4. The lowest BCUT2D eigenvalue weighted by Gasteiger charge is -2.14. The summed E-state index contributed by atoms with van der Waals surface area (Å²) in [5, 5.41) is 11.9. The second-order valence-corrected chi connectivity index (χ2v) is 4.42. The van der Waals surface area contributed by atoms with Gasteiger partial charge in [0, 0.05) is 18.2 Å². The zero-order valence-electron chi connectivity index (χ0n) is 10.6. The van der Waals surface area contributed by atoms with Crippen LogP contribution < -0.4 is 5.32 Å². The highest BCUT2D eigenvalue weighted by Gasteiger charge is 2.05. The Balaban J connectivity index is 2.42. The number of carboxylic acids is 1. The Hall–Kier alpha value is -1.51. The van der Waals surface area contributed by atoms with Gasteiger partial charge in [0.1, 0.15) is 0 Å². The number of rotatable bonds is 7. The molecule has 0 spiro atoms. The molecule has 0 bridgehead atoms. The third-order valence-corrected chi connectivity index (χ3v) is 2.70. The molecule has 1 unspecified atom stereocenters. The van der Waals surface area contributed by atoms with Gasteiger partial charge in [0.2, 0.25) is 0 Å². The Morgan fingerprint density at radius 3 is 2.53 bits per heavy atom. The van der Waals surface area contributed by atoms with Gasteiger partial charge in [-0.25, -0.2) is 0 Å². The summed E-state index contributed by atoms with van der Waals surface area (Å²) in [6, 6.07) is 8.54. The van der Waals surface area contributed by atoms with E-state index in [2.05, 4.69) is 36.5 Å². The van der Waals surface area contributed by atoms with Gasteiger partial charge in [-0.3, -0.25) is 4.79 Å². The monoisotopic (exact) mass is 235 g/mol. The van der Waals surface area contributed by atoms with Crippen molar-refractivity contribution in [3.05, 3.63) is 29.8 Å². The molecule has 0 saturated carbocycles. The number of benzene rings is 1. The summed E-state index contributed by atoms with van der Waals surface area (Å²) in [5.74, 6) is -0.739. The molecule has 0 aliphatic heterocycles. The number of aliphatic carboxylic acids is 1. The van der Waals surface area contributed by atoms with Gasteiger partial charge in [-0.05, 0) is 37.5 Å². The van der Waals surface area contributed by atoms with Crippen LogP contribution in [0.1, 0.15) is 38.7 Å². The lowest BCUT2D eigenvalue weighted by Crippen LogP contribution is -2.16. The fourth-order valence-corrected chi connectivity index (χ4v) is 1.75. The van der Waals surface area contributed by atoms with Crippen molar-refractivity contribution in [1.29, 1.82) is 0 Å². The maximum atomic E-state index is 10.4. The molecule has 1 aromatic carbocycles. The van der Waals surface area contributed by atoms with Crippen LogP contribution in [0, 0.1) is 0 Å². The minimum absolute atomic E-state index is 0.183. The first-order valence-corrected chi connectivity index (χ1v) is 6.19. The Bertz CT molecular complexity index is 346. The molecule has 0 fully saturated rings. The Morgan fingerprint density at radius 1 is 1.35 bits per heavy atom. The van der Waals surface area contributed by atoms with E-state index in [0.29, 0.717) is 6.42 Å². The Labute approximate surface area is 103 Å². The molecule has 0 aromatic heterocycles. The van der Waals surface area contributed by atoms with E-state index < -0.39 is 5.97 Å². The summed E-state index contributed by atoms with van der Waals surface area (Å²) >= 11 is 0. The molecule has 0 aliphatic rings. The topological polar surface area (TPSA) is 49.3 Å². The highest BCUT2D eigenvalue weighted by molar-refractivity contribution is 5.66. The van der Waals surface area contributed by atoms with Crippen LogP contribution in [0.4, 0.5) is 5.69 Å². The van der Waals surface area contributed by atoms with Gasteiger partial charge in [-0.1, -0.05) is 25.5 Å². The molecule has 3 heteroatoms. The molecule has 17 heavy (non-hydrogen) atoms. The zero-order valence-corrected chi connectivity index (χ0v) is 10.6. The van der Waals surface area contributed by atoms with E-state index in [9.17, 15) is 4.79 Å². The van der Waals surface area contributed by atoms with Crippen molar-refractivity contribution in [2.45, 2.75) is 45.6 Å². The van der Waals surface area contributed by atoms with Crippen molar-refractivity contribution in [2.75, 3.05) is 5.32 Å². The minimum atomic E-state index is -0.739. The lowest BCUT2D eigenvalue weighted by molar-refractivity contribution is -0.137. The van der Waals surface area contributed by atoms with Crippen molar-refractivity contribution in [3.63, 3.8) is 0 Å². The predicted octanol–water partition coefficient (Wildman–Crippen LogP) is 3.30. The van der Waals surface area contributed by atoms with Crippen molar-refractivity contribution in [1.82, 2.24) is 0 Å². The van der Waals surface area contributed by atoms with Crippen molar-refractivity contribution in [3.8, 4) is 0 Å². The normalized spacial score (nSPS) is 12.1. The third-order valence-electron chi connectivity index (χ3n) is 2.70. The summed E-state index contributed by atoms with van der Waals surface area (Å²) in [7, 11) is 0. The van der Waals surface area contributed by atoms with Gasteiger partial charge in [-0.2, -0.15) is 0 Å². The van der Waals surface area contributed by atoms with Gasteiger partial charge < -0.3 is 10.4 Å². The highest BCUT2D eigenvalue weighted by atomic mass is 16.4. The van der Waals surface area contributed by atoms with Gasteiger partial charge in [-0.15, -0.1) is 0 Å². The van der Waals surface area contributed by atoms with Crippen molar-refractivity contribution >= 4 is 11.7 Å². The first-order chi connectivity index (χ1) is 8.11. The van der Waals surface area contributed by atoms with Crippen LogP contribution in [0.5, 0.6) is 0 Å². The van der Waals surface area contributed by atoms with Crippen LogP contribution >= 0.6 is 0 Å². The average Bonchev–Trinajstić information content (AvgIpc) is 2.29. The molecular weight excluding hydrogens is 214 g/mol. The molecule has 3 nitrogen and oxygen atoms in total. The molecule has 0 saturated heterocycles. The first kappa shape index (κ1) is 13.6. The van der Waals surface area contributed by atoms with E-state index >= 15 is 0 Å². The molecule has 1 atom stereocenters. The Morgan fingerprint density at radius 2 is 2.00 bits per heavy atom. The van der Waals surface area contributed by atoms with Crippen LogP contribution in [0.15, 0.2) is 24.3 Å². The fourth-order valence-electron chi connectivity index (χ4n) is 1.75. The molecule has 0 radical (unpaired) electrons. The number of anilines is 1. The van der Waals surface area contributed by atoms with E-state index in [1.54, 1.807) is 0 Å². The van der Waals surface area contributed by atoms with Gasteiger partial charge in [0.15, 0.2) is 0 Å². The molecule has 0 heterocycles. The maximum absolute atomic E-state index is 10.4. The second kappa shape index (κ2) is 6.94. The molecule has 1 rings (SSSR count). The van der Waals surface area contributed by atoms with E-state index in [1.807, 2.05) is 6.92 Å². The van der Waals surface area contributed by atoms with Crippen molar-refractivity contribution < 1.29 is 9.90 Å². The van der Waals surface area contributed by atoms with Crippen LogP contribution in [0.2, 0.25) is 0 Å². The summed E-state index contributed by atoms with van der Waals surface area (Å²) in [5.41, 5.74) is 2.40. The quantitative estimate of drug-likeness (QED) is 0.762. The molecule has 1 aromatic rings. The van der Waals surface area contributed by atoms with E-state index in [0.717, 1.165) is 18.5 Å². The zero-order chi connectivity index (χ0) is 12.7. The lowest BCUT2D eigenvalue weighted by atomic mass is 10.1. The van der Waals surface area contributed by atoms with Crippen LogP contribution in [0.3, 0.4) is 0 Å². The van der Waals surface area contributed by atoms with Crippen molar-refractivity contribution in [2.24, 2.45) is 0 Å². The first-order valence-electron chi connectivity index (χ1n) is 6.19. The molecular formula is C14H21NO2. The summed E-state index contributed by atoms with van der Waals surface area (Å²) in [6.45, 7) is 4.17. The standard InChI is InChI=1S/C14H21NO2/c1-3-4-12-6-8-13(9-7-12)15-11(2)5-10-14(16)17/h6-9,11,15H,3-5,10H2,1-2H3,(H,16,17). The predicted molar refractivity (Wildman–Crippen MR) is 70.4 cm³/mol. The third kappa shape index (κ3) is 5.38. The number of hydrogen-bond donors (Lipinski definition) is 2. The molecule has 0 amide bonds. The second-order valence-electron chi connectivity index (χ2n) is 4.42. The summed E-state index contributed by atoms with van der Waals surface area (Å²) < 4.78 is 0. The van der Waals surface area contributed by atoms with E-state index in [-0.39, 0.29) is 12.5 Å².